The quantitative estimate of drug-likeness (QED) is 0.567. The Labute approximate surface area is 113 Å². The van der Waals surface area contributed by atoms with Gasteiger partial charge < -0.3 is 14.6 Å². The summed E-state index contributed by atoms with van der Waals surface area (Å²) in [4.78, 5) is 14.4. The zero-order valence-corrected chi connectivity index (χ0v) is 10.4. The van der Waals surface area contributed by atoms with Crippen LogP contribution in [-0.2, 0) is 6.54 Å². The molecule has 7 heteroatoms. The Morgan fingerprint density at radius 1 is 1.47 bits per heavy atom. The molecule has 3 aromatic heterocycles. The lowest BCUT2D eigenvalue weighted by Crippen LogP contribution is -2.01. The minimum Gasteiger partial charge on any atom is -0.467 e. The van der Waals surface area contributed by atoms with Crippen molar-refractivity contribution in [3.8, 4) is 0 Å². The molecule has 0 unspecified atom stereocenters. The smallest absolute Gasteiger partial charge is 0.230 e. The fourth-order valence-corrected chi connectivity index (χ4v) is 1.92. The molecule has 0 amide bonds. The second-order valence-electron chi connectivity index (χ2n) is 3.80. The molecule has 3 heterocycles. The van der Waals surface area contributed by atoms with Crippen molar-refractivity contribution in [1.82, 2.24) is 15.0 Å². The average molecular weight is 274 g/mol. The molecule has 0 radical (unpaired) electrons. The first-order valence-electron chi connectivity index (χ1n) is 5.46. The number of halogens is 1. The van der Waals surface area contributed by atoms with E-state index >= 15 is 0 Å². The van der Waals surface area contributed by atoms with E-state index in [-0.39, 0.29) is 5.28 Å². The minimum absolute atomic E-state index is 0.118. The first kappa shape index (κ1) is 11.6. The molecule has 0 aliphatic heterocycles. The third-order valence-corrected chi connectivity index (χ3v) is 2.75. The van der Waals surface area contributed by atoms with Gasteiger partial charge in [-0.1, -0.05) is 6.57 Å². The maximum atomic E-state index is 6.99. The molecule has 0 aliphatic carbocycles. The fourth-order valence-electron chi connectivity index (χ4n) is 1.75. The van der Waals surface area contributed by atoms with Gasteiger partial charge in [0.2, 0.25) is 16.7 Å². The predicted octanol–water partition coefficient (Wildman–Crippen LogP) is 3.37. The summed E-state index contributed by atoms with van der Waals surface area (Å²) in [6, 6.07) is 5.35. The van der Waals surface area contributed by atoms with Gasteiger partial charge in [-0.15, -0.1) is 0 Å². The largest absolute Gasteiger partial charge is 0.467 e. The van der Waals surface area contributed by atoms with Gasteiger partial charge in [0, 0.05) is 0 Å². The summed E-state index contributed by atoms with van der Waals surface area (Å²) >= 11 is 5.85. The Morgan fingerprint density at radius 2 is 2.37 bits per heavy atom. The van der Waals surface area contributed by atoms with Crippen LogP contribution in [0.5, 0.6) is 0 Å². The van der Waals surface area contributed by atoms with Crippen LogP contribution < -0.4 is 5.32 Å². The third-order valence-electron chi connectivity index (χ3n) is 2.58. The zero-order valence-electron chi connectivity index (χ0n) is 9.64. The number of rotatable bonds is 3. The minimum atomic E-state index is 0.118. The van der Waals surface area contributed by atoms with Gasteiger partial charge in [-0.3, -0.25) is 4.98 Å². The summed E-state index contributed by atoms with van der Waals surface area (Å²) in [6.45, 7) is 7.47. The number of hydrogen-bond acceptors (Lipinski definition) is 4. The number of fused-ring (bicyclic) bond motifs is 1. The van der Waals surface area contributed by atoms with E-state index in [1.165, 1.54) is 0 Å². The van der Waals surface area contributed by atoms with Crippen LogP contribution in [0.15, 0.2) is 28.9 Å². The van der Waals surface area contributed by atoms with Gasteiger partial charge in [0.15, 0.2) is 0 Å². The van der Waals surface area contributed by atoms with E-state index in [2.05, 4.69) is 25.1 Å². The Morgan fingerprint density at radius 3 is 3.11 bits per heavy atom. The summed E-state index contributed by atoms with van der Waals surface area (Å²) in [6.07, 6.45) is 1.60. The van der Waals surface area contributed by atoms with E-state index in [9.17, 15) is 0 Å². The van der Waals surface area contributed by atoms with Crippen molar-refractivity contribution < 1.29 is 4.42 Å². The van der Waals surface area contributed by atoms with Crippen molar-refractivity contribution in [3.63, 3.8) is 0 Å². The highest BCUT2D eigenvalue weighted by Gasteiger charge is 2.11. The van der Waals surface area contributed by atoms with E-state index in [1.54, 1.807) is 12.3 Å². The van der Waals surface area contributed by atoms with Crippen LogP contribution in [0.25, 0.3) is 15.9 Å². The number of furan rings is 1. The van der Waals surface area contributed by atoms with Crippen LogP contribution in [0.2, 0.25) is 5.28 Å². The highest BCUT2D eigenvalue weighted by molar-refractivity contribution is 6.28. The number of H-pyrrole nitrogens is 1. The number of nitrogens with one attached hydrogen (secondary N) is 2. The van der Waals surface area contributed by atoms with E-state index in [0.717, 1.165) is 11.1 Å². The van der Waals surface area contributed by atoms with Gasteiger partial charge in [-0.2, -0.15) is 9.97 Å². The Hall–Kier alpha value is -2.52. The Balaban J connectivity index is 1.97. The summed E-state index contributed by atoms with van der Waals surface area (Å²) in [7, 11) is 0. The third kappa shape index (κ3) is 2.23. The monoisotopic (exact) mass is 273 g/mol. The molecular weight excluding hydrogens is 266 g/mol. The molecule has 3 aromatic rings. The van der Waals surface area contributed by atoms with E-state index < -0.39 is 0 Å². The van der Waals surface area contributed by atoms with Crippen molar-refractivity contribution >= 4 is 34.3 Å². The van der Waals surface area contributed by atoms with Gasteiger partial charge >= 0.3 is 0 Å². The predicted molar refractivity (Wildman–Crippen MR) is 71.2 cm³/mol. The zero-order chi connectivity index (χ0) is 13.2. The van der Waals surface area contributed by atoms with Crippen molar-refractivity contribution in [2.75, 3.05) is 5.32 Å². The molecular formula is C12H8ClN5O. The molecule has 0 saturated carbocycles. The van der Waals surface area contributed by atoms with Crippen LogP contribution >= 0.6 is 11.6 Å². The molecule has 3 rings (SSSR count). The van der Waals surface area contributed by atoms with Crippen LogP contribution in [0, 0.1) is 6.57 Å². The van der Waals surface area contributed by atoms with Crippen LogP contribution in [0.1, 0.15) is 5.76 Å². The van der Waals surface area contributed by atoms with Gasteiger partial charge in [-0.05, 0) is 29.8 Å². The number of hydrogen-bond donors (Lipinski definition) is 2. The first-order chi connectivity index (χ1) is 9.26. The lowest BCUT2D eigenvalue weighted by atomic mass is 10.3. The lowest BCUT2D eigenvalue weighted by molar-refractivity contribution is 0.518. The second kappa shape index (κ2) is 4.63. The van der Waals surface area contributed by atoms with Gasteiger partial charge in [0.1, 0.15) is 11.6 Å². The fraction of sp³-hybridized carbons (Fsp3) is 0.0833. The molecule has 0 saturated heterocycles. The number of aromatic amines is 1. The van der Waals surface area contributed by atoms with E-state index in [4.69, 9.17) is 22.6 Å². The van der Waals surface area contributed by atoms with Gasteiger partial charge in [-0.25, -0.2) is 0 Å². The Kier molecular flexibility index (Phi) is 2.82. The van der Waals surface area contributed by atoms with Crippen molar-refractivity contribution in [3.05, 3.63) is 46.9 Å². The van der Waals surface area contributed by atoms with Crippen molar-refractivity contribution in [2.24, 2.45) is 0 Å². The maximum Gasteiger partial charge on any atom is 0.230 e. The van der Waals surface area contributed by atoms with Crippen LogP contribution in [0.3, 0.4) is 0 Å². The lowest BCUT2D eigenvalue weighted by Gasteiger charge is -2.04. The van der Waals surface area contributed by atoms with Crippen molar-refractivity contribution in [1.29, 1.82) is 0 Å². The normalized spacial score (nSPS) is 10.5. The molecule has 0 fully saturated rings. The maximum absolute atomic E-state index is 6.99. The highest BCUT2D eigenvalue weighted by atomic mass is 35.5. The molecule has 2 N–H and O–H groups in total. The number of anilines is 1. The molecule has 0 atom stereocenters. The van der Waals surface area contributed by atoms with Gasteiger partial charge in [0.25, 0.3) is 0 Å². The molecule has 6 nitrogen and oxygen atoms in total. The molecule has 19 heavy (non-hydrogen) atoms. The highest BCUT2D eigenvalue weighted by Crippen LogP contribution is 2.26. The topological polar surface area (TPSA) is 71.1 Å². The van der Waals surface area contributed by atoms with Gasteiger partial charge in [0.05, 0.1) is 18.2 Å². The van der Waals surface area contributed by atoms with Crippen LogP contribution in [0.4, 0.5) is 11.6 Å². The SMILES string of the molecule is [C-]#[N+]c1cc2c(NCc3ccco3)nc(Cl)nc2[nH]1. The average Bonchev–Trinajstić information content (AvgIpc) is 3.04. The number of nitrogens with zero attached hydrogens (tertiary/aromatic N) is 3. The molecule has 0 aromatic carbocycles. The molecule has 0 aliphatic rings. The second-order valence-corrected chi connectivity index (χ2v) is 4.14. The molecule has 0 bridgehead atoms. The van der Waals surface area contributed by atoms with E-state index in [1.807, 2.05) is 12.1 Å². The van der Waals surface area contributed by atoms with E-state index in [0.29, 0.717) is 23.8 Å². The summed E-state index contributed by atoms with van der Waals surface area (Å²) in [5, 5.41) is 3.96. The van der Waals surface area contributed by atoms with Crippen LogP contribution in [-0.4, -0.2) is 15.0 Å². The molecule has 0 spiro atoms. The summed E-state index contributed by atoms with van der Waals surface area (Å²) in [5.41, 5.74) is 0.535. The summed E-state index contributed by atoms with van der Waals surface area (Å²) in [5.74, 6) is 1.74. The van der Waals surface area contributed by atoms with Crippen molar-refractivity contribution in [2.45, 2.75) is 6.54 Å². The number of aromatic nitrogens is 3. The Bertz CT molecular complexity index is 756. The standard InChI is InChI=1S/C12H8ClN5O/c1-14-9-5-8-10(15-6-7-3-2-4-19-7)17-12(13)18-11(8)16-9/h2-5H,6H2,(H2,15,16,17,18). The summed E-state index contributed by atoms with van der Waals surface area (Å²) < 4.78 is 5.23. The first-order valence-corrected chi connectivity index (χ1v) is 5.84. The molecule has 94 valence electrons.